The summed E-state index contributed by atoms with van der Waals surface area (Å²) in [6, 6.07) is 11.7. The molecular formula is C17H14Cl3NO. The number of hydrogen-bond donors (Lipinski definition) is 1. The average Bonchev–Trinajstić information content (AvgIpc) is 2.97. The number of rotatable bonds is 1. The molecule has 0 saturated carbocycles. The lowest BCUT2D eigenvalue weighted by Gasteiger charge is -2.37. The zero-order valence-corrected chi connectivity index (χ0v) is 13.9. The molecule has 3 atom stereocenters. The van der Waals surface area contributed by atoms with Crippen LogP contribution in [-0.4, -0.2) is 6.61 Å². The van der Waals surface area contributed by atoms with Crippen molar-refractivity contribution in [1.82, 2.24) is 0 Å². The van der Waals surface area contributed by atoms with Gasteiger partial charge in [-0.1, -0.05) is 40.9 Å². The molecule has 1 saturated heterocycles. The van der Waals surface area contributed by atoms with Gasteiger partial charge in [-0.25, -0.2) is 0 Å². The van der Waals surface area contributed by atoms with Crippen molar-refractivity contribution in [3.63, 3.8) is 0 Å². The van der Waals surface area contributed by atoms with Gasteiger partial charge in [0.15, 0.2) is 0 Å². The van der Waals surface area contributed by atoms with Gasteiger partial charge >= 0.3 is 0 Å². The van der Waals surface area contributed by atoms with Gasteiger partial charge in [-0.15, -0.1) is 0 Å². The van der Waals surface area contributed by atoms with Crippen LogP contribution < -0.4 is 5.32 Å². The molecule has 0 spiro atoms. The highest BCUT2D eigenvalue weighted by molar-refractivity contribution is 6.35. The number of anilines is 1. The summed E-state index contributed by atoms with van der Waals surface area (Å²) in [5.41, 5.74) is 3.26. The first-order valence-electron chi connectivity index (χ1n) is 7.26. The summed E-state index contributed by atoms with van der Waals surface area (Å²) in [5.74, 6) is 0.338. The van der Waals surface area contributed by atoms with Crippen LogP contribution in [0.4, 0.5) is 5.69 Å². The smallest absolute Gasteiger partial charge is 0.0897 e. The molecule has 0 unspecified atom stereocenters. The van der Waals surface area contributed by atoms with E-state index in [1.54, 1.807) is 6.07 Å². The number of fused-ring (bicyclic) bond motifs is 3. The second-order valence-corrected chi connectivity index (χ2v) is 7.04. The first-order chi connectivity index (χ1) is 10.6. The summed E-state index contributed by atoms with van der Waals surface area (Å²) >= 11 is 18.6. The quantitative estimate of drug-likeness (QED) is 0.689. The average molecular weight is 355 g/mol. The molecule has 2 nitrogen and oxygen atoms in total. The van der Waals surface area contributed by atoms with Gasteiger partial charge in [-0.05, 0) is 42.3 Å². The Bertz CT molecular complexity index is 734. The van der Waals surface area contributed by atoms with E-state index in [0.717, 1.165) is 34.9 Å². The summed E-state index contributed by atoms with van der Waals surface area (Å²) in [7, 11) is 0. The fourth-order valence-electron chi connectivity index (χ4n) is 3.51. The van der Waals surface area contributed by atoms with Crippen molar-refractivity contribution >= 4 is 40.5 Å². The maximum Gasteiger partial charge on any atom is 0.0897 e. The molecule has 0 aromatic heterocycles. The summed E-state index contributed by atoms with van der Waals surface area (Å²) in [4.78, 5) is 0. The number of hydrogen-bond acceptors (Lipinski definition) is 2. The molecule has 4 rings (SSSR count). The van der Waals surface area contributed by atoms with Crippen LogP contribution in [0.1, 0.15) is 29.7 Å². The topological polar surface area (TPSA) is 21.3 Å². The van der Waals surface area contributed by atoms with Crippen molar-refractivity contribution in [1.29, 1.82) is 0 Å². The molecule has 0 radical (unpaired) electrons. The Kier molecular flexibility index (Phi) is 3.74. The van der Waals surface area contributed by atoms with Crippen LogP contribution in [0.15, 0.2) is 36.4 Å². The van der Waals surface area contributed by atoms with Crippen LogP contribution in [-0.2, 0) is 4.74 Å². The molecule has 2 aromatic carbocycles. The number of nitrogens with one attached hydrogen (secondary N) is 1. The standard InChI is InChI=1S/C17H14Cl3NO/c18-9-2-4-15-13(7-9)17-12(5-6-22-17)16(21-15)11-3-1-10(19)8-14(11)20/h1-4,7-8,12,16-17,21H,5-6H2/t12-,16+,17-/m1/s1. The molecule has 5 heteroatoms. The Morgan fingerprint density at radius 1 is 0.955 bits per heavy atom. The van der Waals surface area contributed by atoms with E-state index in [-0.39, 0.29) is 12.1 Å². The van der Waals surface area contributed by atoms with Crippen LogP contribution in [0.2, 0.25) is 15.1 Å². The molecule has 1 N–H and O–H groups in total. The van der Waals surface area contributed by atoms with Crippen molar-refractivity contribution in [3.8, 4) is 0 Å². The van der Waals surface area contributed by atoms with Gasteiger partial charge in [-0.3, -0.25) is 0 Å². The summed E-state index contributed by atoms with van der Waals surface area (Å²) < 4.78 is 5.99. The zero-order chi connectivity index (χ0) is 15.3. The minimum atomic E-state index is 0.0618. The van der Waals surface area contributed by atoms with Crippen LogP contribution >= 0.6 is 34.8 Å². The summed E-state index contributed by atoms with van der Waals surface area (Å²) in [6.45, 7) is 0.755. The van der Waals surface area contributed by atoms with Gasteiger partial charge < -0.3 is 10.1 Å². The Labute approximate surface area is 144 Å². The van der Waals surface area contributed by atoms with Crippen LogP contribution in [0.3, 0.4) is 0 Å². The highest BCUT2D eigenvalue weighted by atomic mass is 35.5. The lowest BCUT2D eigenvalue weighted by atomic mass is 9.81. The van der Waals surface area contributed by atoms with Crippen LogP contribution in [0, 0.1) is 5.92 Å². The van der Waals surface area contributed by atoms with E-state index >= 15 is 0 Å². The number of halogens is 3. The third-order valence-electron chi connectivity index (χ3n) is 4.49. The maximum atomic E-state index is 6.42. The van der Waals surface area contributed by atoms with E-state index in [2.05, 4.69) is 5.32 Å². The fraction of sp³-hybridized carbons (Fsp3) is 0.294. The Hall–Kier alpha value is -0.930. The van der Waals surface area contributed by atoms with E-state index in [4.69, 9.17) is 39.5 Å². The molecule has 2 aliphatic heterocycles. The number of ether oxygens (including phenoxy) is 1. The molecular weight excluding hydrogens is 341 g/mol. The molecule has 2 aromatic rings. The lowest BCUT2D eigenvalue weighted by Crippen LogP contribution is -2.29. The van der Waals surface area contributed by atoms with Gasteiger partial charge in [0, 0.05) is 38.8 Å². The minimum absolute atomic E-state index is 0.0618. The van der Waals surface area contributed by atoms with E-state index in [1.807, 2.05) is 30.3 Å². The normalized spacial score (nSPS) is 26.2. The Morgan fingerprint density at radius 3 is 2.55 bits per heavy atom. The summed E-state index contributed by atoms with van der Waals surface area (Å²) in [6.07, 6.45) is 1.06. The molecule has 2 heterocycles. The van der Waals surface area contributed by atoms with Gasteiger partial charge in [0.05, 0.1) is 12.1 Å². The first-order valence-corrected chi connectivity index (χ1v) is 8.39. The third kappa shape index (κ3) is 2.39. The maximum absolute atomic E-state index is 6.42. The van der Waals surface area contributed by atoms with E-state index < -0.39 is 0 Å². The van der Waals surface area contributed by atoms with Gasteiger partial charge in [0.2, 0.25) is 0 Å². The van der Waals surface area contributed by atoms with Crippen molar-refractivity contribution < 1.29 is 4.74 Å². The van der Waals surface area contributed by atoms with Crippen molar-refractivity contribution in [2.45, 2.75) is 18.6 Å². The molecule has 1 fully saturated rings. The Morgan fingerprint density at radius 2 is 1.73 bits per heavy atom. The molecule has 0 amide bonds. The highest BCUT2D eigenvalue weighted by Gasteiger charge is 2.42. The van der Waals surface area contributed by atoms with E-state index in [1.165, 1.54) is 0 Å². The van der Waals surface area contributed by atoms with Crippen molar-refractivity contribution in [2.75, 3.05) is 11.9 Å². The first kappa shape index (κ1) is 14.6. The second kappa shape index (κ2) is 5.61. The fourth-order valence-corrected chi connectivity index (χ4v) is 4.21. The number of benzene rings is 2. The Balaban J connectivity index is 1.80. The summed E-state index contributed by atoms with van der Waals surface area (Å²) in [5, 5.41) is 5.68. The SMILES string of the molecule is Clc1ccc([C@@H]2Nc3ccc(Cl)cc3[C@@H]3OCC[C@H]23)c(Cl)c1. The monoisotopic (exact) mass is 353 g/mol. The van der Waals surface area contributed by atoms with E-state index in [0.29, 0.717) is 16.0 Å². The van der Waals surface area contributed by atoms with Crippen LogP contribution in [0.5, 0.6) is 0 Å². The molecule has 0 aliphatic carbocycles. The largest absolute Gasteiger partial charge is 0.377 e. The van der Waals surface area contributed by atoms with Gasteiger partial charge in [0.25, 0.3) is 0 Å². The third-order valence-corrected chi connectivity index (χ3v) is 5.29. The predicted molar refractivity (Wildman–Crippen MR) is 91.1 cm³/mol. The molecule has 0 bridgehead atoms. The minimum Gasteiger partial charge on any atom is -0.377 e. The second-order valence-electron chi connectivity index (χ2n) is 5.76. The molecule has 22 heavy (non-hydrogen) atoms. The van der Waals surface area contributed by atoms with Crippen molar-refractivity contribution in [2.24, 2.45) is 5.92 Å². The molecule has 114 valence electrons. The van der Waals surface area contributed by atoms with Gasteiger partial charge in [0.1, 0.15) is 0 Å². The van der Waals surface area contributed by atoms with E-state index in [9.17, 15) is 0 Å². The van der Waals surface area contributed by atoms with Gasteiger partial charge in [-0.2, -0.15) is 0 Å². The van der Waals surface area contributed by atoms with Crippen LogP contribution in [0.25, 0.3) is 0 Å². The lowest BCUT2D eigenvalue weighted by molar-refractivity contribution is 0.0829. The zero-order valence-electron chi connectivity index (χ0n) is 11.7. The highest BCUT2D eigenvalue weighted by Crippen LogP contribution is 2.51. The van der Waals surface area contributed by atoms with Crippen molar-refractivity contribution in [3.05, 3.63) is 62.6 Å². The molecule has 2 aliphatic rings. The predicted octanol–water partition coefficient (Wildman–Crippen LogP) is 5.89.